The number of alkyl carbamates (subject to hydrolysis) is 1. The minimum absolute atomic E-state index is 0.144. The molecule has 0 aromatic heterocycles. The van der Waals surface area contributed by atoms with E-state index in [1.54, 1.807) is 32.9 Å². The molecule has 1 amide bonds. The van der Waals surface area contributed by atoms with Gasteiger partial charge in [0, 0.05) is 24.0 Å². The van der Waals surface area contributed by atoms with E-state index in [2.05, 4.69) is 10.6 Å². The third-order valence-corrected chi connectivity index (χ3v) is 3.51. The van der Waals surface area contributed by atoms with Crippen LogP contribution in [-0.4, -0.2) is 30.8 Å². The number of nitrogens with one attached hydrogen (secondary N) is 2. The zero-order valence-corrected chi connectivity index (χ0v) is 13.1. The topological polar surface area (TPSA) is 50.4 Å². The van der Waals surface area contributed by atoms with Crippen LogP contribution in [0.2, 0.25) is 5.02 Å². The van der Waals surface area contributed by atoms with Crippen LogP contribution in [0, 0.1) is 5.82 Å². The molecule has 4 nitrogen and oxygen atoms in total. The summed E-state index contributed by atoms with van der Waals surface area (Å²) in [5.41, 5.74) is -0.0117. The number of rotatable bonds is 2. The van der Waals surface area contributed by atoms with Crippen LogP contribution in [0.1, 0.15) is 32.3 Å². The molecule has 6 heteroatoms. The third kappa shape index (κ3) is 4.32. The van der Waals surface area contributed by atoms with Crippen LogP contribution in [0.4, 0.5) is 9.18 Å². The van der Waals surface area contributed by atoms with Crippen LogP contribution in [0.15, 0.2) is 18.2 Å². The van der Waals surface area contributed by atoms with Gasteiger partial charge in [0.15, 0.2) is 0 Å². The quantitative estimate of drug-likeness (QED) is 0.882. The number of hydrogen-bond acceptors (Lipinski definition) is 3. The Morgan fingerprint density at radius 2 is 2.14 bits per heavy atom. The summed E-state index contributed by atoms with van der Waals surface area (Å²) in [6.45, 7) is 6.58. The van der Waals surface area contributed by atoms with Gasteiger partial charge in [-0.05, 0) is 38.5 Å². The standard InChI is InChI=1S/C15H20ClFN2O2/c1-15(2,3)21-14(20)19-13-8-18-7-11(13)10-5-4-9(16)6-12(10)17/h4-6,11,13,18H,7-8H2,1-3H3,(H,19,20)/t11-,13+/m1/s1. The van der Waals surface area contributed by atoms with Crippen molar-refractivity contribution in [2.45, 2.75) is 38.3 Å². The van der Waals surface area contributed by atoms with E-state index in [1.807, 2.05) is 0 Å². The van der Waals surface area contributed by atoms with E-state index in [0.29, 0.717) is 23.7 Å². The molecule has 0 unspecified atom stereocenters. The molecular formula is C15H20ClFN2O2. The number of carbonyl (C=O) groups is 1. The lowest BCUT2D eigenvalue weighted by molar-refractivity contribution is 0.0504. The highest BCUT2D eigenvalue weighted by atomic mass is 35.5. The molecule has 0 radical (unpaired) electrons. The fourth-order valence-corrected chi connectivity index (χ4v) is 2.58. The summed E-state index contributed by atoms with van der Waals surface area (Å²) in [6, 6.07) is 4.40. The molecule has 1 aliphatic rings. The molecule has 1 saturated heterocycles. The zero-order valence-electron chi connectivity index (χ0n) is 12.4. The first kappa shape index (κ1) is 16.0. The normalized spacial score (nSPS) is 22.1. The number of ether oxygens (including phenoxy) is 1. The lowest BCUT2D eigenvalue weighted by Crippen LogP contribution is -2.42. The van der Waals surface area contributed by atoms with Gasteiger partial charge in [0.05, 0.1) is 6.04 Å². The predicted molar refractivity (Wildman–Crippen MR) is 80.2 cm³/mol. The fraction of sp³-hybridized carbons (Fsp3) is 0.533. The maximum atomic E-state index is 14.0. The van der Waals surface area contributed by atoms with Gasteiger partial charge >= 0.3 is 6.09 Å². The molecule has 0 aliphatic carbocycles. The van der Waals surface area contributed by atoms with E-state index in [0.717, 1.165) is 0 Å². The summed E-state index contributed by atoms with van der Waals surface area (Å²) in [5, 5.41) is 6.32. The van der Waals surface area contributed by atoms with Gasteiger partial charge in [0.25, 0.3) is 0 Å². The van der Waals surface area contributed by atoms with Crippen LogP contribution >= 0.6 is 11.6 Å². The average molecular weight is 315 g/mol. The van der Waals surface area contributed by atoms with Gasteiger partial charge in [0.2, 0.25) is 0 Å². The average Bonchev–Trinajstić information content (AvgIpc) is 2.74. The third-order valence-electron chi connectivity index (χ3n) is 3.28. The second-order valence-corrected chi connectivity index (χ2v) is 6.62. The molecule has 21 heavy (non-hydrogen) atoms. The number of amides is 1. The van der Waals surface area contributed by atoms with E-state index in [9.17, 15) is 9.18 Å². The summed E-state index contributed by atoms with van der Waals surface area (Å²) in [4.78, 5) is 11.9. The van der Waals surface area contributed by atoms with Crippen molar-refractivity contribution in [3.05, 3.63) is 34.6 Å². The van der Waals surface area contributed by atoms with Crippen molar-refractivity contribution in [2.75, 3.05) is 13.1 Å². The second kappa shape index (κ2) is 6.20. The lowest BCUT2D eigenvalue weighted by Gasteiger charge is -2.24. The molecule has 1 aliphatic heterocycles. The Balaban J connectivity index is 2.08. The molecule has 2 N–H and O–H groups in total. The maximum absolute atomic E-state index is 14.0. The first-order valence-corrected chi connectivity index (χ1v) is 7.29. The molecular weight excluding hydrogens is 295 g/mol. The summed E-state index contributed by atoms with van der Waals surface area (Å²) >= 11 is 5.77. The Morgan fingerprint density at radius 1 is 1.43 bits per heavy atom. The maximum Gasteiger partial charge on any atom is 0.407 e. The van der Waals surface area contributed by atoms with Crippen LogP contribution in [-0.2, 0) is 4.74 Å². The molecule has 1 aromatic rings. The Bertz CT molecular complexity index is 531. The minimum atomic E-state index is -0.558. The van der Waals surface area contributed by atoms with Crippen LogP contribution in [0.3, 0.4) is 0 Å². The smallest absolute Gasteiger partial charge is 0.407 e. The van der Waals surface area contributed by atoms with Gasteiger partial charge in [-0.25, -0.2) is 9.18 Å². The molecule has 2 rings (SSSR count). The molecule has 2 atom stereocenters. The largest absolute Gasteiger partial charge is 0.444 e. The van der Waals surface area contributed by atoms with E-state index in [-0.39, 0.29) is 17.8 Å². The van der Waals surface area contributed by atoms with Crippen molar-refractivity contribution < 1.29 is 13.9 Å². The summed E-state index contributed by atoms with van der Waals surface area (Å²) in [6.07, 6.45) is -0.490. The van der Waals surface area contributed by atoms with Crippen molar-refractivity contribution in [1.29, 1.82) is 0 Å². The summed E-state index contributed by atoms with van der Waals surface area (Å²) in [7, 11) is 0. The lowest BCUT2D eigenvalue weighted by atomic mass is 9.94. The first-order chi connectivity index (χ1) is 9.76. The molecule has 0 bridgehead atoms. The SMILES string of the molecule is CC(C)(C)OC(=O)N[C@H]1CNC[C@@H]1c1ccc(Cl)cc1F. The van der Waals surface area contributed by atoms with Crippen LogP contribution < -0.4 is 10.6 Å². The van der Waals surface area contributed by atoms with Gasteiger partial charge in [-0.15, -0.1) is 0 Å². The highest BCUT2D eigenvalue weighted by Gasteiger charge is 2.32. The van der Waals surface area contributed by atoms with Crippen molar-refractivity contribution in [2.24, 2.45) is 0 Å². The fourth-order valence-electron chi connectivity index (χ4n) is 2.42. The van der Waals surface area contributed by atoms with Gasteiger partial charge < -0.3 is 15.4 Å². The van der Waals surface area contributed by atoms with Gasteiger partial charge in [-0.3, -0.25) is 0 Å². The first-order valence-electron chi connectivity index (χ1n) is 6.91. The molecule has 1 aromatic carbocycles. The Labute approximate surface area is 129 Å². The van der Waals surface area contributed by atoms with Crippen molar-refractivity contribution >= 4 is 17.7 Å². The van der Waals surface area contributed by atoms with Crippen molar-refractivity contribution in [3.63, 3.8) is 0 Å². The Morgan fingerprint density at radius 3 is 2.76 bits per heavy atom. The van der Waals surface area contributed by atoms with Crippen LogP contribution in [0.25, 0.3) is 0 Å². The van der Waals surface area contributed by atoms with Gasteiger partial charge in [-0.2, -0.15) is 0 Å². The van der Waals surface area contributed by atoms with Gasteiger partial charge in [-0.1, -0.05) is 17.7 Å². The van der Waals surface area contributed by atoms with E-state index in [4.69, 9.17) is 16.3 Å². The number of carbonyl (C=O) groups excluding carboxylic acids is 1. The zero-order chi connectivity index (χ0) is 15.6. The number of hydrogen-bond donors (Lipinski definition) is 2. The molecule has 1 heterocycles. The molecule has 1 fully saturated rings. The number of benzene rings is 1. The van der Waals surface area contributed by atoms with Gasteiger partial charge in [0.1, 0.15) is 11.4 Å². The highest BCUT2D eigenvalue weighted by Crippen LogP contribution is 2.27. The van der Waals surface area contributed by atoms with Crippen LogP contribution in [0.5, 0.6) is 0 Å². The van der Waals surface area contributed by atoms with E-state index >= 15 is 0 Å². The Hall–Kier alpha value is -1.33. The summed E-state index contributed by atoms with van der Waals surface area (Å²) < 4.78 is 19.3. The summed E-state index contributed by atoms with van der Waals surface area (Å²) in [5.74, 6) is -0.498. The number of halogens is 2. The van der Waals surface area contributed by atoms with E-state index < -0.39 is 11.7 Å². The highest BCUT2D eigenvalue weighted by molar-refractivity contribution is 6.30. The Kier molecular flexibility index (Phi) is 4.74. The minimum Gasteiger partial charge on any atom is -0.444 e. The molecule has 0 saturated carbocycles. The molecule has 0 spiro atoms. The predicted octanol–water partition coefficient (Wildman–Crippen LogP) is 3.06. The monoisotopic (exact) mass is 314 g/mol. The second-order valence-electron chi connectivity index (χ2n) is 6.18. The van der Waals surface area contributed by atoms with Crippen molar-refractivity contribution in [1.82, 2.24) is 10.6 Å². The van der Waals surface area contributed by atoms with E-state index in [1.165, 1.54) is 6.07 Å². The van der Waals surface area contributed by atoms with Crippen molar-refractivity contribution in [3.8, 4) is 0 Å². The molecule has 116 valence electrons.